The second-order valence-electron chi connectivity index (χ2n) is 6.29. The van der Waals surface area contributed by atoms with Gasteiger partial charge < -0.3 is 14.8 Å². The van der Waals surface area contributed by atoms with Crippen molar-refractivity contribution in [2.75, 3.05) is 13.7 Å². The Kier molecular flexibility index (Phi) is 6.10. The van der Waals surface area contributed by atoms with Crippen molar-refractivity contribution in [3.8, 4) is 11.5 Å². The van der Waals surface area contributed by atoms with Gasteiger partial charge in [-0.25, -0.2) is 0 Å². The van der Waals surface area contributed by atoms with Crippen LogP contribution in [0.4, 0.5) is 0 Å². The Hall–Kier alpha value is -3.27. The highest BCUT2D eigenvalue weighted by Gasteiger charge is 2.17. The minimum Gasteiger partial charge on any atom is -0.497 e. The number of carbonyl (C=O) groups excluding carboxylic acids is 1. The molecule has 0 unspecified atom stereocenters. The van der Waals surface area contributed by atoms with E-state index in [1.807, 2.05) is 61.5 Å². The number of methoxy groups -OCH3 is 1. The second kappa shape index (κ2) is 8.90. The molecule has 138 valence electrons. The zero-order valence-electron chi connectivity index (χ0n) is 15.5. The zero-order chi connectivity index (χ0) is 19.1. The van der Waals surface area contributed by atoms with Crippen molar-refractivity contribution in [2.45, 2.75) is 13.0 Å². The third kappa shape index (κ3) is 5.11. The van der Waals surface area contributed by atoms with Crippen LogP contribution >= 0.6 is 0 Å². The highest BCUT2D eigenvalue weighted by Crippen LogP contribution is 2.22. The van der Waals surface area contributed by atoms with Gasteiger partial charge in [0.1, 0.15) is 11.5 Å². The molecule has 3 aromatic rings. The molecule has 0 spiro atoms. The van der Waals surface area contributed by atoms with Gasteiger partial charge in [0.05, 0.1) is 13.2 Å². The molecule has 0 heterocycles. The van der Waals surface area contributed by atoms with Gasteiger partial charge in [0.15, 0.2) is 6.61 Å². The van der Waals surface area contributed by atoms with Crippen LogP contribution in [0.25, 0.3) is 0 Å². The van der Waals surface area contributed by atoms with Crippen LogP contribution in [-0.2, 0) is 4.79 Å². The highest BCUT2D eigenvalue weighted by molar-refractivity contribution is 5.78. The summed E-state index contributed by atoms with van der Waals surface area (Å²) in [4.78, 5) is 12.5. The van der Waals surface area contributed by atoms with Crippen molar-refractivity contribution in [1.82, 2.24) is 5.32 Å². The Morgan fingerprint density at radius 3 is 2.07 bits per heavy atom. The average Bonchev–Trinajstić information content (AvgIpc) is 2.72. The first-order valence-corrected chi connectivity index (χ1v) is 8.83. The summed E-state index contributed by atoms with van der Waals surface area (Å²) in [7, 11) is 1.61. The largest absolute Gasteiger partial charge is 0.497 e. The number of ether oxygens (including phenoxy) is 2. The maximum absolute atomic E-state index is 12.5. The molecule has 3 rings (SSSR count). The Morgan fingerprint density at radius 2 is 1.44 bits per heavy atom. The molecule has 0 aliphatic rings. The standard InChI is InChI=1S/C23H23NO3/c1-17-8-10-19(11-9-17)23(18-6-4-3-5-7-18)24-22(25)16-27-21-14-12-20(26-2)13-15-21/h3-15,23H,16H2,1-2H3,(H,24,25)/t23-/m1/s1. The molecule has 1 atom stereocenters. The number of hydrogen-bond donors (Lipinski definition) is 1. The topological polar surface area (TPSA) is 47.6 Å². The lowest BCUT2D eigenvalue weighted by Gasteiger charge is -2.20. The van der Waals surface area contributed by atoms with Crippen molar-refractivity contribution in [2.24, 2.45) is 0 Å². The number of amides is 1. The molecular formula is C23H23NO3. The van der Waals surface area contributed by atoms with Gasteiger partial charge in [-0.05, 0) is 42.3 Å². The summed E-state index contributed by atoms with van der Waals surface area (Å²) in [6.45, 7) is 1.99. The molecule has 3 aromatic carbocycles. The Balaban J connectivity index is 1.69. The Bertz CT molecular complexity index is 858. The molecule has 0 saturated carbocycles. The third-order valence-corrected chi connectivity index (χ3v) is 4.28. The van der Waals surface area contributed by atoms with Gasteiger partial charge in [-0.1, -0.05) is 60.2 Å². The molecule has 27 heavy (non-hydrogen) atoms. The summed E-state index contributed by atoms with van der Waals surface area (Å²) in [6, 6.07) is 25.0. The second-order valence-corrected chi connectivity index (χ2v) is 6.29. The van der Waals surface area contributed by atoms with E-state index in [0.717, 1.165) is 16.9 Å². The van der Waals surface area contributed by atoms with Crippen LogP contribution in [0.5, 0.6) is 11.5 Å². The fourth-order valence-corrected chi connectivity index (χ4v) is 2.79. The van der Waals surface area contributed by atoms with E-state index < -0.39 is 0 Å². The smallest absolute Gasteiger partial charge is 0.258 e. The van der Waals surface area contributed by atoms with Gasteiger partial charge in [0.25, 0.3) is 5.91 Å². The van der Waals surface area contributed by atoms with E-state index in [4.69, 9.17) is 9.47 Å². The number of aryl methyl sites for hydroxylation is 1. The fourth-order valence-electron chi connectivity index (χ4n) is 2.79. The first kappa shape index (κ1) is 18.5. The van der Waals surface area contributed by atoms with Gasteiger partial charge in [0.2, 0.25) is 0 Å². The van der Waals surface area contributed by atoms with Gasteiger partial charge in [-0.2, -0.15) is 0 Å². The number of rotatable bonds is 7. The molecular weight excluding hydrogens is 338 g/mol. The highest BCUT2D eigenvalue weighted by atomic mass is 16.5. The van der Waals surface area contributed by atoms with E-state index in [0.29, 0.717) is 5.75 Å². The van der Waals surface area contributed by atoms with Gasteiger partial charge >= 0.3 is 0 Å². The molecule has 0 saturated heterocycles. The lowest BCUT2D eigenvalue weighted by Crippen LogP contribution is -2.33. The summed E-state index contributed by atoms with van der Waals surface area (Å²) >= 11 is 0. The fraction of sp³-hybridized carbons (Fsp3) is 0.174. The Morgan fingerprint density at radius 1 is 0.852 bits per heavy atom. The monoisotopic (exact) mass is 361 g/mol. The first-order valence-electron chi connectivity index (χ1n) is 8.83. The molecule has 1 N–H and O–H groups in total. The molecule has 0 aliphatic heterocycles. The van der Waals surface area contributed by atoms with Gasteiger partial charge in [0, 0.05) is 0 Å². The lowest BCUT2D eigenvalue weighted by molar-refractivity contribution is -0.123. The molecule has 0 aromatic heterocycles. The minimum absolute atomic E-state index is 0.0540. The number of carbonyl (C=O) groups is 1. The predicted molar refractivity (Wildman–Crippen MR) is 106 cm³/mol. The van der Waals surface area contributed by atoms with E-state index in [-0.39, 0.29) is 18.6 Å². The van der Waals surface area contributed by atoms with Crippen molar-refractivity contribution < 1.29 is 14.3 Å². The predicted octanol–water partition coefficient (Wildman–Crippen LogP) is 4.29. The Labute approximate surface area is 159 Å². The molecule has 0 radical (unpaired) electrons. The number of hydrogen-bond acceptors (Lipinski definition) is 3. The van der Waals surface area contributed by atoms with Crippen LogP contribution < -0.4 is 14.8 Å². The van der Waals surface area contributed by atoms with E-state index in [1.54, 1.807) is 31.4 Å². The maximum Gasteiger partial charge on any atom is 0.258 e. The van der Waals surface area contributed by atoms with Crippen molar-refractivity contribution in [3.05, 3.63) is 95.6 Å². The van der Waals surface area contributed by atoms with Crippen LogP contribution in [0.15, 0.2) is 78.9 Å². The molecule has 4 nitrogen and oxygen atoms in total. The van der Waals surface area contributed by atoms with E-state index in [1.165, 1.54) is 5.56 Å². The van der Waals surface area contributed by atoms with Crippen LogP contribution in [0, 0.1) is 6.92 Å². The zero-order valence-corrected chi connectivity index (χ0v) is 15.5. The normalized spacial score (nSPS) is 11.5. The summed E-state index contributed by atoms with van der Waals surface area (Å²) in [5.74, 6) is 1.19. The molecule has 4 heteroatoms. The molecule has 0 aliphatic carbocycles. The molecule has 0 bridgehead atoms. The first-order chi connectivity index (χ1) is 13.2. The maximum atomic E-state index is 12.5. The summed E-state index contributed by atoms with van der Waals surface area (Å²) in [6.07, 6.45) is 0. The minimum atomic E-state index is -0.223. The quantitative estimate of drug-likeness (QED) is 0.683. The lowest BCUT2D eigenvalue weighted by atomic mass is 9.98. The van der Waals surface area contributed by atoms with Crippen molar-refractivity contribution >= 4 is 5.91 Å². The van der Waals surface area contributed by atoms with Crippen LogP contribution in [0.3, 0.4) is 0 Å². The van der Waals surface area contributed by atoms with Crippen LogP contribution in [-0.4, -0.2) is 19.6 Å². The van der Waals surface area contributed by atoms with Crippen LogP contribution in [0.1, 0.15) is 22.7 Å². The molecule has 0 fully saturated rings. The van der Waals surface area contributed by atoms with Crippen molar-refractivity contribution in [3.63, 3.8) is 0 Å². The van der Waals surface area contributed by atoms with E-state index in [2.05, 4.69) is 5.32 Å². The summed E-state index contributed by atoms with van der Waals surface area (Å²) in [5.41, 5.74) is 3.24. The van der Waals surface area contributed by atoms with E-state index in [9.17, 15) is 4.79 Å². The summed E-state index contributed by atoms with van der Waals surface area (Å²) in [5, 5.41) is 3.07. The van der Waals surface area contributed by atoms with Gasteiger partial charge in [-0.15, -0.1) is 0 Å². The SMILES string of the molecule is COc1ccc(OCC(=O)N[C@H](c2ccccc2)c2ccc(C)cc2)cc1. The number of benzene rings is 3. The summed E-state index contributed by atoms with van der Waals surface area (Å²) < 4.78 is 10.7. The number of nitrogens with one attached hydrogen (secondary N) is 1. The third-order valence-electron chi connectivity index (χ3n) is 4.28. The van der Waals surface area contributed by atoms with E-state index >= 15 is 0 Å². The average molecular weight is 361 g/mol. The molecule has 1 amide bonds. The van der Waals surface area contributed by atoms with Crippen molar-refractivity contribution in [1.29, 1.82) is 0 Å². The van der Waals surface area contributed by atoms with Crippen LogP contribution in [0.2, 0.25) is 0 Å². The van der Waals surface area contributed by atoms with Gasteiger partial charge in [-0.3, -0.25) is 4.79 Å².